The van der Waals surface area contributed by atoms with Crippen LogP contribution in [-0.4, -0.2) is 29.6 Å². The van der Waals surface area contributed by atoms with E-state index in [2.05, 4.69) is 39.5 Å². The van der Waals surface area contributed by atoms with Crippen molar-refractivity contribution in [2.75, 3.05) is 13.1 Å². The highest BCUT2D eigenvalue weighted by molar-refractivity contribution is 4.92. The molecule has 0 aliphatic carbocycles. The highest BCUT2D eigenvalue weighted by Crippen LogP contribution is 2.31. The molecule has 1 aliphatic heterocycles. The van der Waals surface area contributed by atoms with Gasteiger partial charge < -0.3 is 5.73 Å². The van der Waals surface area contributed by atoms with Crippen LogP contribution in [0.15, 0.2) is 0 Å². The highest BCUT2D eigenvalue weighted by atomic mass is 15.2. The number of rotatable bonds is 2. The Morgan fingerprint density at radius 1 is 1.29 bits per heavy atom. The Kier molecular flexibility index (Phi) is 3.59. The Morgan fingerprint density at radius 2 is 1.86 bits per heavy atom. The van der Waals surface area contributed by atoms with Gasteiger partial charge in [-0.3, -0.25) is 4.90 Å². The topological polar surface area (TPSA) is 29.3 Å². The molecule has 0 aromatic heterocycles. The molecule has 0 amide bonds. The molecule has 0 aromatic carbocycles. The Morgan fingerprint density at radius 3 is 2.36 bits per heavy atom. The van der Waals surface area contributed by atoms with Crippen LogP contribution >= 0.6 is 0 Å². The molecule has 3 unspecified atom stereocenters. The van der Waals surface area contributed by atoms with Gasteiger partial charge in [-0.1, -0.05) is 13.8 Å². The van der Waals surface area contributed by atoms with Crippen molar-refractivity contribution in [3.63, 3.8) is 0 Å². The Hall–Kier alpha value is -0.0800. The van der Waals surface area contributed by atoms with E-state index < -0.39 is 0 Å². The molecule has 1 fully saturated rings. The number of piperidine rings is 1. The van der Waals surface area contributed by atoms with Crippen LogP contribution < -0.4 is 5.73 Å². The van der Waals surface area contributed by atoms with Gasteiger partial charge in [-0.2, -0.15) is 0 Å². The average molecular weight is 198 g/mol. The summed E-state index contributed by atoms with van der Waals surface area (Å²) in [5, 5.41) is 0. The second kappa shape index (κ2) is 4.19. The first-order valence-electron chi connectivity index (χ1n) is 5.85. The van der Waals surface area contributed by atoms with Gasteiger partial charge in [0.25, 0.3) is 0 Å². The van der Waals surface area contributed by atoms with Gasteiger partial charge >= 0.3 is 0 Å². The van der Waals surface area contributed by atoms with Crippen LogP contribution in [0.4, 0.5) is 0 Å². The fraction of sp³-hybridized carbons (Fsp3) is 1.00. The molecule has 84 valence electrons. The Labute approximate surface area is 88.8 Å². The predicted octanol–water partition coefficient (Wildman–Crippen LogP) is 2.09. The third kappa shape index (κ3) is 2.29. The number of hydrogen-bond acceptors (Lipinski definition) is 2. The minimum Gasteiger partial charge on any atom is -0.329 e. The van der Waals surface area contributed by atoms with E-state index in [1.807, 2.05) is 0 Å². The smallest absolute Gasteiger partial charge is 0.0278 e. The van der Waals surface area contributed by atoms with E-state index in [0.29, 0.717) is 6.04 Å². The quantitative estimate of drug-likeness (QED) is 0.736. The first kappa shape index (κ1) is 12.0. The monoisotopic (exact) mass is 198 g/mol. The summed E-state index contributed by atoms with van der Waals surface area (Å²) in [6.45, 7) is 13.5. The Bertz CT molecular complexity index is 189. The maximum absolute atomic E-state index is 5.85. The molecule has 0 spiro atoms. The fourth-order valence-corrected chi connectivity index (χ4v) is 2.63. The molecule has 1 aliphatic rings. The van der Waals surface area contributed by atoms with Crippen LogP contribution in [0.5, 0.6) is 0 Å². The van der Waals surface area contributed by atoms with Gasteiger partial charge in [0.05, 0.1) is 0 Å². The molecule has 3 atom stereocenters. The molecular formula is C12H26N2. The maximum Gasteiger partial charge on any atom is 0.0278 e. The van der Waals surface area contributed by atoms with Crippen LogP contribution in [0.25, 0.3) is 0 Å². The van der Waals surface area contributed by atoms with Crippen LogP contribution in [0, 0.1) is 11.8 Å². The lowest BCUT2D eigenvalue weighted by molar-refractivity contribution is 0.00228. The van der Waals surface area contributed by atoms with Gasteiger partial charge in [-0.05, 0) is 39.0 Å². The van der Waals surface area contributed by atoms with Crippen molar-refractivity contribution in [3.8, 4) is 0 Å². The molecule has 2 heteroatoms. The minimum atomic E-state index is 0.155. The molecule has 1 heterocycles. The zero-order chi connectivity index (χ0) is 10.9. The number of likely N-dealkylation sites (tertiary alicyclic amines) is 1. The third-order valence-electron chi connectivity index (χ3n) is 3.87. The predicted molar refractivity (Wildman–Crippen MR) is 62.2 cm³/mol. The van der Waals surface area contributed by atoms with Crippen molar-refractivity contribution in [2.45, 2.75) is 52.6 Å². The van der Waals surface area contributed by atoms with E-state index in [0.717, 1.165) is 18.4 Å². The van der Waals surface area contributed by atoms with Crippen molar-refractivity contribution in [1.82, 2.24) is 4.90 Å². The summed E-state index contributed by atoms with van der Waals surface area (Å²) in [5.74, 6) is 1.61. The van der Waals surface area contributed by atoms with Crippen LogP contribution in [0.2, 0.25) is 0 Å². The minimum absolute atomic E-state index is 0.155. The van der Waals surface area contributed by atoms with Gasteiger partial charge in [0, 0.05) is 24.7 Å². The molecule has 0 saturated carbocycles. The molecule has 1 saturated heterocycles. The van der Waals surface area contributed by atoms with Crippen molar-refractivity contribution in [2.24, 2.45) is 17.6 Å². The van der Waals surface area contributed by atoms with Crippen LogP contribution in [0.3, 0.4) is 0 Å². The molecule has 0 aromatic rings. The summed E-state index contributed by atoms with van der Waals surface area (Å²) in [4.78, 5) is 2.59. The standard InChI is InChI=1S/C12H26N2/c1-9-6-10(2)11(3)14(7-9)12(4,5)8-13/h9-11H,6-8,13H2,1-5H3. The normalized spacial score (nSPS) is 36.0. The molecule has 0 bridgehead atoms. The summed E-state index contributed by atoms with van der Waals surface area (Å²) in [5.41, 5.74) is 6.00. The summed E-state index contributed by atoms with van der Waals surface area (Å²) in [6.07, 6.45) is 1.36. The zero-order valence-corrected chi connectivity index (χ0v) is 10.4. The highest BCUT2D eigenvalue weighted by Gasteiger charge is 2.36. The van der Waals surface area contributed by atoms with Gasteiger partial charge in [0.15, 0.2) is 0 Å². The number of hydrogen-bond donors (Lipinski definition) is 1. The molecular weight excluding hydrogens is 172 g/mol. The second-order valence-corrected chi connectivity index (χ2v) is 5.73. The largest absolute Gasteiger partial charge is 0.329 e. The van der Waals surface area contributed by atoms with Crippen LogP contribution in [-0.2, 0) is 0 Å². The molecule has 2 N–H and O–H groups in total. The van der Waals surface area contributed by atoms with Gasteiger partial charge in [-0.25, -0.2) is 0 Å². The SMILES string of the molecule is CC1CC(C)C(C)N(C(C)(C)CN)C1. The van der Waals surface area contributed by atoms with Crippen molar-refractivity contribution < 1.29 is 0 Å². The van der Waals surface area contributed by atoms with Crippen molar-refractivity contribution in [3.05, 3.63) is 0 Å². The van der Waals surface area contributed by atoms with Gasteiger partial charge in [0.2, 0.25) is 0 Å². The van der Waals surface area contributed by atoms with Gasteiger partial charge in [-0.15, -0.1) is 0 Å². The second-order valence-electron chi connectivity index (χ2n) is 5.73. The maximum atomic E-state index is 5.85. The number of nitrogens with zero attached hydrogens (tertiary/aromatic N) is 1. The lowest BCUT2D eigenvalue weighted by Crippen LogP contribution is -2.58. The zero-order valence-electron chi connectivity index (χ0n) is 10.4. The van der Waals surface area contributed by atoms with Crippen LogP contribution in [0.1, 0.15) is 41.0 Å². The summed E-state index contributed by atoms with van der Waals surface area (Å²) >= 11 is 0. The first-order valence-corrected chi connectivity index (χ1v) is 5.85. The molecule has 1 rings (SSSR count). The average Bonchev–Trinajstić information content (AvgIpc) is 2.11. The molecule has 14 heavy (non-hydrogen) atoms. The summed E-state index contributed by atoms with van der Waals surface area (Å²) in [6, 6.07) is 0.671. The third-order valence-corrected chi connectivity index (χ3v) is 3.87. The van der Waals surface area contributed by atoms with Crippen molar-refractivity contribution in [1.29, 1.82) is 0 Å². The van der Waals surface area contributed by atoms with E-state index in [1.54, 1.807) is 0 Å². The van der Waals surface area contributed by atoms with E-state index in [4.69, 9.17) is 5.73 Å². The van der Waals surface area contributed by atoms with E-state index in [1.165, 1.54) is 13.0 Å². The van der Waals surface area contributed by atoms with E-state index >= 15 is 0 Å². The van der Waals surface area contributed by atoms with Gasteiger partial charge in [0.1, 0.15) is 0 Å². The van der Waals surface area contributed by atoms with E-state index in [-0.39, 0.29) is 5.54 Å². The number of nitrogens with two attached hydrogens (primary N) is 1. The van der Waals surface area contributed by atoms with Crippen molar-refractivity contribution >= 4 is 0 Å². The van der Waals surface area contributed by atoms with E-state index in [9.17, 15) is 0 Å². The molecule has 2 nitrogen and oxygen atoms in total. The first-order chi connectivity index (χ1) is 6.38. The lowest BCUT2D eigenvalue weighted by atomic mass is 9.82. The Balaban J connectivity index is 2.75. The lowest BCUT2D eigenvalue weighted by Gasteiger charge is -2.49. The fourth-order valence-electron chi connectivity index (χ4n) is 2.63. The summed E-state index contributed by atoms with van der Waals surface area (Å²) in [7, 11) is 0. The summed E-state index contributed by atoms with van der Waals surface area (Å²) < 4.78 is 0. The molecule has 0 radical (unpaired) electrons.